The second-order valence-electron chi connectivity index (χ2n) is 12.2. The number of nitrogens with zero attached hydrogens (tertiary/aromatic N) is 2. The standard InChI is InChI=1S/C37H30N2O10S2.K/c40-50(41,42)18-8-16-38-28-22-32-26(24-10-4-6-12-30(24)46-32)20-34(28)48-36(38)14-2-1-3-15-37-39(17-9-19-51(43,44)45)29-23-33-27(21-35(29)49-37)25-11-5-7-13-31(25)47-33;/h1-7,10-15,20-23H,8-9,16-19H2,(H-,40,41,42,43,44,45);/q;+1/p-1. The molecule has 0 atom stereocenters. The molecule has 0 aliphatic carbocycles. The third-order valence-corrected chi connectivity index (χ3v) is 10.3. The van der Waals surface area contributed by atoms with Gasteiger partial charge in [-0.05, 0) is 36.8 Å². The molecule has 12 nitrogen and oxygen atoms in total. The van der Waals surface area contributed by atoms with E-state index in [9.17, 15) is 25.9 Å². The van der Waals surface area contributed by atoms with Gasteiger partial charge in [0.05, 0.1) is 38.1 Å². The fourth-order valence-electron chi connectivity index (χ4n) is 6.49. The molecule has 0 saturated carbocycles. The van der Waals surface area contributed by atoms with Gasteiger partial charge in [-0.3, -0.25) is 0 Å². The summed E-state index contributed by atoms with van der Waals surface area (Å²) in [5.41, 5.74) is 4.68. The second-order valence-corrected chi connectivity index (χ2v) is 15.2. The molecule has 52 heavy (non-hydrogen) atoms. The van der Waals surface area contributed by atoms with Gasteiger partial charge in [-0.15, -0.1) is 0 Å². The Balaban J connectivity index is 0.00000420. The maximum atomic E-state index is 11.3. The fraction of sp³-hybridized carbons (Fsp3) is 0.162. The van der Waals surface area contributed by atoms with E-state index in [4.69, 9.17) is 18.0 Å². The first-order valence-corrected chi connectivity index (χ1v) is 19.3. The Morgan fingerprint density at radius 3 is 2.00 bits per heavy atom. The van der Waals surface area contributed by atoms with Gasteiger partial charge < -0.3 is 32.0 Å². The number of furan rings is 2. The third kappa shape index (κ3) is 7.51. The van der Waals surface area contributed by atoms with Crippen LogP contribution in [0.2, 0.25) is 0 Å². The first kappa shape index (κ1) is 36.6. The van der Waals surface area contributed by atoms with E-state index >= 15 is 0 Å². The number of fused-ring (bicyclic) bond motifs is 8. The van der Waals surface area contributed by atoms with Gasteiger partial charge in [0.25, 0.3) is 5.52 Å². The second kappa shape index (κ2) is 14.6. The molecule has 4 aromatic carbocycles. The van der Waals surface area contributed by atoms with E-state index in [2.05, 4.69) is 0 Å². The summed E-state index contributed by atoms with van der Waals surface area (Å²) in [6.07, 6.45) is 8.86. The van der Waals surface area contributed by atoms with Crippen LogP contribution in [0.4, 0.5) is 5.69 Å². The molecule has 0 fully saturated rings. The van der Waals surface area contributed by atoms with Crippen LogP contribution >= 0.6 is 0 Å². The van der Waals surface area contributed by atoms with Gasteiger partial charge >= 0.3 is 57.3 Å². The third-order valence-electron chi connectivity index (χ3n) is 8.71. The largest absolute Gasteiger partial charge is 1.00 e. The van der Waals surface area contributed by atoms with Crippen molar-refractivity contribution in [2.75, 3.05) is 23.0 Å². The van der Waals surface area contributed by atoms with Crippen molar-refractivity contribution >= 4 is 87.0 Å². The number of anilines is 1. The number of aryl methyl sites for hydroxylation is 1. The summed E-state index contributed by atoms with van der Waals surface area (Å²) in [5, 5.41) is 3.62. The molecular weight excluding hydrogens is 736 g/mol. The van der Waals surface area contributed by atoms with Gasteiger partial charge in [0.2, 0.25) is 11.5 Å². The summed E-state index contributed by atoms with van der Waals surface area (Å²) < 4.78 is 94.4. The molecule has 3 aromatic heterocycles. The number of aromatic nitrogens is 1. The number of hydrogen-bond acceptors (Lipinski definition) is 11. The Hall–Kier alpha value is -3.77. The summed E-state index contributed by atoms with van der Waals surface area (Å²) in [5.74, 6) is 0.398. The topological polar surface area (TPSA) is 170 Å². The molecule has 0 amide bonds. The molecule has 260 valence electrons. The van der Waals surface area contributed by atoms with Crippen LogP contribution in [0, 0.1) is 0 Å². The minimum atomic E-state index is -4.40. The molecule has 0 N–H and O–H groups in total. The molecule has 1 aliphatic heterocycles. The van der Waals surface area contributed by atoms with Crippen LogP contribution in [-0.4, -0.2) is 44.0 Å². The van der Waals surface area contributed by atoms with E-state index in [-0.39, 0.29) is 77.3 Å². The van der Waals surface area contributed by atoms with Crippen molar-refractivity contribution in [1.82, 2.24) is 0 Å². The molecule has 0 radical (unpaired) electrons. The van der Waals surface area contributed by atoms with Crippen LogP contribution in [0.1, 0.15) is 18.7 Å². The van der Waals surface area contributed by atoms with Crippen LogP contribution in [0.3, 0.4) is 0 Å². The van der Waals surface area contributed by atoms with Gasteiger partial charge in [0.1, 0.15) is 22.3 Å². The molecule has 7 aromatic rings. The van der Waals surface area contributed by atoms with Gasteiger partial charge in [-0.2, -0.15) is 4.57 Å². The van der Waals surface area contributed by atoms with E-state index in [0.717, 1.165) is 32.7 Å². The minimum absolute atomic E-state index is 0. The van der Waals surface area contributed by atoms with Crippen LogP contribution in [-0.2, 0) is 26.8 Å². The number of para-hydroxylation sites is 2. The molecule has 15 heteroatoms. The summed E-state index contributed by atoms with van der Waals surface area (Å²) in [7, 11) is -8.80. The quantitative estimate of drug-likeness (QED) is 0.0815. The average molecular weight is 765 g/mol. The normalized spacial score (nSPS) is 14.6. The minimum Gasteiger partial charge on any atom is -0.748 e. The number of allylic oxidation sites excluding steroid dienone is 4. The van der Waals surface area contributed by atoms with Gasteiger partial charge in [-0.25, -0.2) is 16.8 Å². The van der Waals surface area contributed by atoms with Crippen LogP contribution < -0.4 is 65.6 Å². The van der Waals surface area contributed by atoms with E-state index in [0.29, 0.717) is 45.5 Å². The smallest absolute Gasteiger partial charge is 0.748 e. The Morgan fingerprint density at radius 1 is 0.673 bits per heavy atom. The van der Waals surface area contributed by atoms with E-state index in [1.165, 1.54) is 0 Å². The molecule has 0 unspecified atom stereocenters. The molecule has 0 saturated heterocycles. The fourth-order valence-corrected chi connectivity index (χ4v) is 7.45. The summed E-state index contributed by atoms with van der Waals surface area (Å²) in [6, 6.07) is 22.8. The first-order valence-electron chi connectivity index (χ1n) is 16.1. The summed E-state index contributed by atoms with van der Waals surface area (Å²) in [4.78, 5) is 1.80. The molecule has 1 aliphatic rings. The van der Waals surface area contributed by atoms with Crippen molar-refractivity contribution in [2.45, 2.75) is 19.4 Å². The van der Waals surface area contributed by atoms with Crippen molar-refractivity contribution in [1.29, 1.82) is 0 Å². The molecular formula is C37H29KN2O10S2. The maximum absolute atomic E-state index is 11.3. The Kier molecular flexibility index (Phi) is 10.2. The van der Waals surface area contributed by atoms with Crippen molar-refractivity contribution < 1.29 is 99.9 Å². The zero-order chi connectivity index (χ0) is 35.3. The van der Waals surface area contributed by atoms with E-state index in [1.54, 1.807) is 39.8 Å². The Bertz CT molecular complexity index is 2810. The van der Waals surface area contributed by atoms with Gasteiger partial charge in [-0.1, -0.05) is 54.6 Å². The van der Waals surface area contributed by atoms with Crippen molar-refractivity contribution in [3.8, 4) is 5.75 Å². The number of rotatable bonds is 11. The van der Waals surface area contributed by atoms with E-state index in [1.807, 2.05) is 72.8 Å². The van der Waals surface area contributed by atoms with Gasteiger partial charge in [0.15, 0.2) is 12.3 Å². The van der Waals surface area contributed by atoms with Crippen LogP contribution in [0.15, 0.2) is 116 Å². The number of oxazole rings is 1. The predicted octanol–water partition coefficient (Wildman–Crippen LogP) is 3.70. The first-order chi connectivity index (χ1) is 24.5. The molecule has 4 heterocycles. The Labute approximate surface area is 340 Å². The Morgan fingerprint density at radius 2 is 1.31 bits per heavy atom. The van der Waals surface area contributed by atoms with E-state index < -0.39 is 31.7 Å². The zero-order valence-electron chi connectivity index (χ0n) is 27.9. The van der Waals surface area contributed by atoms with Crippen LogP contribution in [0.25, 0.3) is 61.1 Å². The number of ether oxygens (including phenoxy) is 1. The predicted molar refractivity (Wildman–Crippen MR) is 190 cm³/mol. The van der Waals surface area contributed by atoms with Crippen LogP contribution in [0.5, 0.6) is 5.75 Å². The molecule has 8 rings (SSSR count). The zero-order valence-corrected chi connectivity index (χ0v) is 32.6. The molecule has 0 spiro atoms. The van der Waals surface area contributed by atoms with Crippen molar-refractivity contribution in [2.24, 2.45) is 0 Å². The van der Waals surface area contributed by atoms with Crippen molar-refractivity contribution in [3.63, 3.8) is 0 Å². The van der Waals surface area contributed by atoms with Crippen molar-refractivity contribution in [3.05, 3.63) is 109 Å². The SMILES string of the molecule is O=S(=O)([O-])CCCN1C(=CC=CC=Cc2oc3cc4c(cc3[n+]2CCCS(=O)(=O)[O-])oc2ccccc24)Oc2cc3c(cc21)oc1ccccc13.[K+]. The summed E-state index contributed by atoms with van der Waals surface area (Å²) >= 11 is 0. The summed E-state index contributed by atoms with van der Waals surface area (Å²) in [6.45, 7) is 0.428. The number of benzene rings is 4. The van der Waals surface area contributed by atoms with Gasteiger partial charge in [0, 0.05) is 52.1 Å². The maximum Gasteiger partial charge on any atom is 1.00 e. The molecule has 0 bridgehead atoms. The monoisotopic (exact) mass is 764 g/mol. The average Bonchev–Trinajstić information content (AvgIpc) is 3.82. The number of hydrogen-bond donors (Lipinski definition) is 0.